The van der Waals surface area contributed by atoms with E-state index in [0.29, 0.717) is 0 Å². The van der Waals surface area contributed by atoms with Crippen molar-refractivity contribution in [2.75, 3.05) is 32.5 Å². The van der Waals surface area contributed by atoms with Gasteiger partial charge in [0.05, 0.1) is 38.6 Å². The smallest absolute Gasteiger partial charge is 0.158 e. The van der Waals surface area contributed by atoms with Gasteiger partial charge in [-0.2, -0.15) is 9.61 Å². The first-order valence-electron chi connectivity index (χ1n) is 9.35. The van der Waals surface area contributed by atoms with Crippen LogP contribution in [0.25, 0.3) is 28.2 Å². The lowest BCUT2D eigenvalue weighted by molar-refractivity contribution is -0.856. The van der Waals surface area contributed by atoms with Gasteiger partial charge >= 0.3 is 0 Å². The number of nitrogens with one attached hydrogen (secondary N) is 2. The van der Waals surface area contributed by atoms with Crippen LogP contribution in [0.15, 0.2) is 66.7 Å². The fraction of sp³-hybridized carbons (Fsp3) is 0.182. The van der Waals surface area contributed by atoms with Gasteiger partial charge in [0.15, 0.2) is 5.65 Å². The number of hydrogen-bond donors (Lipinski definition) is 2. The first-order chi connectivity index (χ1) is 13.6. The van der Waals surface area contributed by atoms with E-state index in [1.165, 1.54) is 17.0 Å². The van der Waals surface area contributed by atoms with Crippen molar-refractivity contribution in [3.63, 3.8) is 0 Å². The van der Waals surface area contributed by atoms with E-state index >= 15 is 0 Å². The molecule has 4 aromatic rings. The van der Waals surface area contributed by atoms with Crippen LogP contribution in [0.4, 0.5) is 10.2 Å². The molecule has 2 heterocycles. The van der Waals surface area contributed by atoms with Crippen molar-refractivity contribution in [3.8, 4) is 22.5 Å². The Morgan fingerprint density at radius 2 is 1.64 bits per heavy atom. The summed E-state index contributed by atoms with van der Waals surface area (Å²) >= 11 is 0. The van der Waals surface area contributed by atoms with E-state index < -0.39 is 0 Å². The maximum absolute atomic E-state index is 13.3. The molecule has 0 radical (unpaired) electrons. The lowest BCUT2D eigenvalue weighted by Crippen LogP contribution is -3.06. The molecule has 28 heavy (non-hydrogen) atoms. The fourth-order valence-corrected chi connectivity index (χ4v) is 3.06. The van der Waals surface area contributed by atoms with Gasteiger partial charge in [-0.1, -0.05) is 30.3 Å². The molecule has 0 amide bonds. The normalized spacial score (nSPS) is 11.3. The number of nitrogens with zero attached hydrogens (tertiary/aromatic N) is 3. The molecule has 0 aliphatic heterocycles. The van der Waals surface area contributed by atoms with Crippen LogP contribution in [-0.2, 0) is 0 Å². The van der Waals surface area contributed by atoms with Gasteiger partial charge in [-0.15, -0.1) is 0 Å². The molecule has 0 fully saturated rings. The average Bonchev–Trinajstić information content (AvgIpc) is 3.13. The van der Waals surface area contributed by atoms with Crippen LogP contribution in [0.5, 0.6) is 0 Å². The van der Waals surface area contributed by atoms with Gasteiger partial charge in [0, 0.05) is 23.3 Å². The number of likely N-dealkylation sites (N-methyl/N-ethyl adjacent to an activating group) is 1. The van der Waals surface area contributed by atoms with Crippen molar-refractivity contribution in [3.05, 3.63) is 72.5 Å². The molecule has 142 valence electrons. The van der Waals surface area contributed by atoms with Crippen LogP contribution < -0.4 is 10.2 Å². The zero-order valence-corrected chi connectivity index (χ0v) is 16.0. The average molecular weight is 376 g/mol. The Labute approximate surface area is 163 Å². The number of quaternary nitrogens is 1. The Morgan fingerprint density at radius 1 is 0.929 bits per heavy atom. The zero-order chi connectivity index (χ0) is 19.5. The summed E-state index contributed by atoms with van der Waals surface area (Å²) in [6, 6.07) is 20.4. The van der Waals surface area contributed by atoms with E-state index in [0.717, 1.165) is 47.1 Å². The summed E-state index contributed by atoms with van der Waals surface area (Å²) in [6.07, 6.45) is 0. The van der Waals surface area contributed by atoms with E-state index in [4.69, 9.17) is 10.1 Å². The molecular weight excluding hydrogens is 353 g/mol. The van der Waals surface area contributed by atoms with E-state index in [1.54, 1.807) is 12.1 Å². The van der Waals surface area contributed by atoms with Gasteiger partial charge < -0.3 is 10.2 Å². The summed E-state index contributed by atoms with van der Waals surface area (Å²) in [4.78, 5) is 6.16. The van der Waals surface area contributed by atoms with Gasteiger partial charge in [-0.3, -0.25) is 0 Å². The Hall–Kier alpha value is -3.25. The highest BCUT2D eigenvalue weighted by atomic mass is 19.1. The number of benzene rings is 2. The molecule has 4 rings (SSSR count). The summed E-state index contributed by atoms with van der Waals surface area (Å²) in [5.41, 5.74) is 4.31. The highest BCUT2D eigenvalue weighted by molar-refractivity contribution is 5.70. The molecule has 0 spiro atoms. The minimum atomic E-state index is -0.259. The van der Waals surface area contributed by atoms with E-state index in [1.807, 2.05) is 47.0 Å². The minimum Gasteiger partial charge on any atom is -0.364 e. The van der Waals surface area contributed by atoms with Crippen LogP contribution >= 0.6 is 0 Å². The SMILES string of the molecule is C[NH+](C)CCNc1cc(-c2ccccc2)nc2cc(-c3ccc(F)cc3)nn12. The third-order valence-electron chi connectivity index (χ3n) is 4.57. The third kappa shape index (κ3) is 3.87. The lowest BCUT2D eigenvalue weighted by atomic mass is 10.1. The number of fused-ring (bicyclic) bond motifs is 1. The zero-order valence-electron chi connectivity index (χ0n) is 16.0. The molecule has 6 heteroatoms. The van der Waals surface area contributed by atoms with Gasteiger partial charge in [-0.25, -0.2) is 9.37 Å². The molecule has 0 bridgehead atoms. The molecule has 0 saturated carbocycles. The molecule has 2 N–H and O–H groups in total. The van der Waals surface area contributed by atoms with Crippen molar-refractivity contribution < 1.29 is 9.29 Å². The van der Waals surface area contributed by atoms with Crippen molar-refractivity contribution in [2.45, 2.75) is 0 Å². The number of anilines is 1. The van der Waals surface area contributed by atoms with Crippen LogP contribution in [0, 0.1) is 5.82 Å². The quantitative estimate of drug-likeness (QED) is 0.544. The van der Waals surface area contributed by atoms with Gasteiger partial charge in [0.25, 0.3) is 0 Å². The first kappa shape index (κ1) is 18.1. The van der Waals surface area contributed by atoms with Crippen LogP contribution in [0.2, 0.25) is 0 Å². The topological polar surface area (TPSA) is 46.7 Å². The molecule has 0 saturated heterocycles. The number of rotatable bonds is 6. The van der Waals surface area contributed by atoms with Crippen molar-refractivity contribution in [1.82, 2.24) is 14.6 Å². The summed E-state index contributed by atoms with van der Waals surface area (Å²) in [5, 5.41) is 8.19. The highest BCUT2D eigenvalue weighted by Gasteiger charge is 2.12. The van der Waals surface area contributed by atoms with E-state index in [2.05, 4.69) is 19.4 Å². The Balaban J connectivity index is 1.79. The maximum atomic E-state index is 13.3. The second-order valence-corrected chi connectivity index (χ2v) is 7.08. The summed E-state index contributed by atoms with van der Waals surface area (Å²) < 4.78 is 15.1. The van der Waals surface area contributed by atoms with Gasteiger partial charge in [0.2, 0.25) is 0 Å². The summed E-state index contributed by atoms with van der Waals surface area (Å²) in [5.74, 6) is 0.629. The van der Waals surface area contributed by atoms with Crippen molar-refractivity contribution >= 4 is 11.5 Å². The molecule has 0 aliphatic rings. The Bertz CT molecular complexity index is 1070. The first-order valence-corrected chi connectivity index (χ1v) is 9.35. The van der Waals surface area contributed by atoms with Gasteiger partial charge in [-0.05, 0) is 24.3 Å². The molecule has 0 aliphatic carbocycles. The van der Waals surface area contributed by atoms with E-state index in [-0.39, 0.29) is 5.82 Å². The molecular formula is C22H23FN5+. The Kier molecular flexibility index (Phi) is 5.04. The third-order valence-corrected chi connectivity index (χ3v) is 4.57. The van der Waals surface area contributed by atoms with Gasteiger partial charge in [0.1, 0.15) is 11.6 Å². The molecule has 0 unspecified atom stereocenters. The second-order valence-electron chi connectivity index (χ2n) is 7.08. The molecule has 2 aromatic carbocycles. The standard InChI is InChI=1S/C22H22FN5/c1-27(2)13-12-24-21-14-19(16-6-4-3-5-7-16)25-22-15-20(26-28(21)22)17-8-10-18(23)11-9-17/h3-11,14-15,24H,12-13H2,1-2H3/p+1. The highest BCUT2D eigenvalue weighted by Crippen LogP contribution is 2.25. The number of aromatic nitrogens is 3. The van der Waals surface area contributed by atoms with Crippen molar-refractivity contribution in [1.29, 1.82) is 0 Å². The van der Waals surface area contributed by atoms with E-state index in [9.17, 15) is 4.39 Å². The maximum Gasteiger partial charge on any atom is 0.158 e. The Morgan fingerprint density at radius 3 is 2.36 bits per heavy atom. The van der Waals surface area contributed by atoms with Crippen LogP contribution in [0.3, 0.4) is 0 Å². The fourth-order valence-electron chi connectivity index (χ4n) is 3.06. The number of hydrogen-bond acceptors (Lipinski definition) is 3. The predicted octanol–water partition coefficient (Wildman–Crippen LogP) is 2.76. The minimum absolute atomic E-state index is 0.259. The largest absolute Gasteiger partial charge is 0.364 e. The summed E-state index contributed by atoms with van der Waals surface area (Å²) in [7, 11) is 4.25. The van der Waals surface area contributed by atoms with Crippen LogP contribution in [0.1, 0.15) is 0 Å². The molecule has 5 nitrogen and oxygen atoms in total. The van der Waals surface area contributed by atoms with Crippen molar-refractivity contribution in [2.24, 2.45) is 0 Å². The molecule has 2 aromatic heterocycles. The van der Waals surface area contributed by atoms with Crippen LogP contribution in [-0.4, -0.2) is 41.8 Å². The predicted molar refractivity (Wildman–Crippen MR) is 110 cm³/mol. The monoisotopic (exact) mass is 376 g/mol. The molecule has 0 atom stereocenters. The summed E-state index contributed by atoms with van der Waals surface area (Å²) in [6.45, 7) is 1.80. The second kappa shape index (κ2) is 7.78. The number of halogens is 1. The lowest BCUT2D eigenvalue weighted by Gasteiger charge is -2.12.